The van der Waals surface area contributed by atoms with Crippen LogP contribution in [0.15, 0.2) is 24.4 Å². The normalized spacial score (nSPS) is 13.4. The second-order valence-corrected chi connectivity index (χ2v) is 9.46. The summed E-state index contributed by atoms with van der Waals surface area (Å²) in [7, 11) is 0. The van der Waals surface area contributed by atoms with Gasteiger partial charge in [-0.25, -0.2) is 0 Å². The van der Waals surface area contributed by atoms with Crippen LogP contribution in [0.5, 0.6) is 0 Å². The topological polar surface area (TPSA) is 172 Å². The highest BCUT2D eigenvalue weighted by molar-refractivity contribution is 5.95. The molecule has 6 N–H and O–H groups in total. The van der Waals surface area contributed by atoms with E-state index in [0.717, 1.165) is 0 Å². The van der Waals surface area contributed by atoms with Gasteiger partial charge in [-0.3, -0.25) is 29.0 Å². The summed E-state index contributed by atoms with van der Waals surface area (Å²) < 4.78 is 0. The number of amides is 4. The van der Waals surface area contributed by atoms with Crippen LogP contribution in [0.25, 0.3) is 0 Å². The zero-order valence-electron chi connectivity index (χ0n) is 21.8. The maximum Gasteiger partial charge on any atom is 0.269 e. The lowest BCUT2D eigenvalue weighted by Crippen LogP contribution is -2.57. The highest BCUT2D eigenvalue weighted by Gasteiger charge is 2.30. The third-order valence-corrected chi connectivity index (χ3v) is 5.41. The maximum absolute atomic E-state index is 13.2. The summed E-state index contributed by atoms with van der Waals surface area (Å²) in [6.45, 7) is 8.74. The molecule has 0 spiro atoms. The van der Waals surface area contributed by atoms with Crippen molar-refractivity contribution in [2.24, 2.45) is 17.6 Å². The van der Waals surface area contributed by atoms with E-state index in [1.165, 1.54) is 13.1 Å². The molecule has 0 saturated heterocycles. The molecule has 3 atom stereocenters. The Bertz CT molecular complexity index is 890. The molecule has 0 bridgehead atoms. The monoisotopic (exact) mass is 504 g/mol. The average molecular weight is 505 g/mol. The van der Waals surface area contributed by atoms with Gasteiger partial charge in [0.25, 0.3) is 5.91 Å². The standard InChI is InChI=1S/C25H40N6O5/c1-15(2)13-20(21(33)14-26)31-24(35)19(30-25(36)22(16(3)4)29-17(5)32)10-8-12-28-23(34)18-9-6-7-11-27-18/h6-7,9,11,15-16,19-20,22H,8,10,12-14,26H2,1-5H3,(H,28,34)(H,29,32)(H,30,36)(H,31,35)/t19-,20-,22-/m0/s1. The highest BCUT2D eigenvalue weighted by atomic mass is 16.2. The van der Waals surface area contributed by atoms with Crippen molar-refractivity contribution in [3.05, 3.63) is 30.1 Å². The summed E-state index contributed by atoms with van der Waals surface area (Å²) in [5.74, 6) is -2.15. The Morgan fingerprint density at radius 3 is 2.14 bits per heavy atom. The van der Waals surface area contributed by atoms with Crippen molar-refractivity contribution < 1.29 is 24.0 Å². The fourth-order valence-electron chi connectivity index (χ4n) is 3.54. The van der Waals surface area contributed by atoms with E-state index in [1.54, 1.807) is 32.0 Å². The van der Waals surface area contributed by atoms with Crippen LogP contribution in [-0.2, 0) is 19.2 Å². The fourth-order valence-corrected chi connectivity index (χ4v) is 3.54. The summed E-state index contributed by atoms with van der Waals surface area (Å²) in [6.07, 6.45) is 2.48. The number of nitrogens with zero attached hydrogens (tertiary/aromatic N) is 1. The van der Waals surface area contributed by atoms with Gasteiger partial charge in [-0.05, 0) is 43.2 Å². The van der Waals surface area contributed by atoms with E-state index in [1.807, 2.05) is 13.8 Å². The molecule has 0 aliphatic rings. The molecule has 0 unspecified atom stereocenters. The van der Waals surface area contributed by atoms with Gasteiger partial charge >= 0.3 is 0 Å². The number of pyridine rings is 1. The van der Waals surface area contributed by atoms with Crippen molar-refractivity contribution in [1.82, 2.24) is 26.3 Å². The number of ketones is 1. The Morgan fingerprint density at radius 2 is 1.61 bits per heavy atom. The summed E-state index contributed by atoms with van der Waals surface area (Å²) in [6, 6.07) is 2.40. The molecule has 0 saturated carbocycles. The van der Waals surface area contributed by atoms with Gasteiger partial charge in [0, 0.05) is 19.7 Å². The smallest absolute Gasteiger partial charge is 0.269 e. The van der Waals surface area contributed by atoms with Crippen LogP contribution in [0.4, 0.5) is 0 Å². The maximum atomic E-state index is 13.2. The van der Waals surface area contributed by atoms with Crippen molar-refractivity contribution >= 4 is 29.4 Å². The lowest BCUT2D eigenvalue weighted by atomic mass is 9.99. The number of Topliss-reactive ketones (excluding diaryl/α,β-unsaturated/α-hetero) is 1. The molecule has 0 radical (unpaired) electrons. The number of aromatic nitrogens is 1. The second kappa shape index (κ2) is 15.6. The van der Waals surface area contributed by atoms with Crippen LogP contribution in [0.3, 0.4) is 0 Å². The molecule has 1 aromatic rings. The number of nitrogens with one attached hydrogen (secondary N) is 4. The SMILES string of the molecule is CC(=O)N[C@H](C(=O)N[C@@H](CCCNC(=O)c1ccccn1)C(=O)N[C@@H](CC(C)C)C(=O)CN)C(C)C. The Balaban J connectivity index is 2.93. The third kappa shape index (κ3) is 10.9. The zero-order valence-corrected chi connectivity index (χ0v) is 21.8. The van der Waals surface area contributed by atoms with E-state index in [0.29, 0.717) is 12.8 Å². The van der Waals surface area contributed by atoms with Gasteiger partial charge in [0.15, 0.2) is 5.78 Å². The number of hydrogen-bond acceptors (Lipinski definition) is 7. The molecule has 11 nitrogen and oxygen atoms in total. The molecular weight excluding hydrogens is 464 g/mol. The lowest BCUT2D eigenvalue weighted by Gasteiger charge is -2.27. The molecule has 0 aliphatic heterocycles. The first-order chi connectivity index (χ1) is 17.0. The molecule has 36 heavy (non-hydrogen) atoms. The first kappa shape index (κ1) is 30.7. The average Bonchev–Trinajstić information content (AvgIpc) is 2.82. The molecule has 1 rings (SSSR count). The summed E-state index contributed by atoms with van der Waals surface area (Å²) in [5.41, 5.74) is 5.79. The van der Waals surface area contributed by atoms with Crippen LogP contribution in [0.1, 0.15) is 64.4 Å². The van der Waals surface area contributed by atoms with Crippen LogP contribution in [0, 0.1) is 11.8 Å². The number of nitrogens with two attached hydrogens (primary N) is 1. The minimum Gasteiger partial charge on any atom is -0.351 e. The third-order valence-electron chi connectivity index (χ3n) is 5.41. The molecule has 1 heterocycles. The highest BCUT2D eigenvalue weighted by Crippen LogP contribution is 2.09. The minimum absolute atomic E-state index is 0.130. The van der Waals surface area contributed by atoms with Crippen molar-refractivity contribution in [2.75, 3.05) is 13.1 Å². The first-order valence-corrected chi connectivity index (χ1v) is 12.3. The molecule has 11 heteroatoms. The molecular formula is C25H40N6O5. The van der Waals surface area contributed by atoms with E-state index in [4.69, 9.17) is 5.73 Å². The molecule has 0 aromatic carbocycles. The van der Waals surface area contributed by atoms with Gasteiger partial charge in [0.1, 0.15) is 17.8 Å². The van der Waals surface area contributed by atoms with Crippen molar-refractivity contribution in [3.63, 3.8) is 0 Å². The van der Waals surface area contributed by atoms with Crippen LogP contribution in [-0.4, -0.2) is 65.6 Å². The van der Waals surface area contributed by atoms with Gasteiger partial charge in [-0.1, -0.05) is 33.8 Å². The summed E-state index contributed by atoms with van der Waals surface area (Å²) in [4.78, 5) is 66.2. The second-order valence-electron chi connectivity index (χ2n) is 9.46. The first-order valence-electron chi connectivity index (χ1n) is 12.3. The summed E-state index contributed by atoms with van der Waals surface area (Å²) in [5, 5.41) is 10.8. The van der Waals surface area contributed by atoms with Gasteiger partial charge in [0.05, 0.1) is 12.6 Å². The number of hydrogen-bond donors (Lipinski definition) is 5. The van der Waals surface area contributed by atoms with Crippen LogP contribution in [0.2, 0.25) is 0 Å². The fraction of sp³-hybridized carbons (Fsp3) is 0.600. The number of rotatable bonds is 15. The van der Waals surface area contributed by atoms with Crippen LogP contribution >= 0.6 is 0 Å². The van der Waals surface area contributed by atoms with E-state index < -0.39 is 29.9 Å². The Morgan fingerprint density at radius 1 is 0.944 bits per heavy atom. The largest absolute Gasteiger partial charge is 0.351 e. The Kier molecular flexibility index (Phi) is 13.3. The van der Waals surface area contributed by atoms with Crippen LogP contribution < -0.4 is 27.0 Å². The predicted molar refractivity (Wildman–Crippen MR) is 136 cm³/mol. The molecule has 4 amide bonds. The van der Waals surface area contributed by atoms with Crippen molar-refractivity contribution in [1.29, 1.82) is 0 Å². The predicted octanol–water partition coefficient (Wildman–Crippen LogP) is 0.296. The summed E-state index contributed by atoms with van der Waals surface area (Å²) >= 11 is 0. The van der Waals surface area contributed by atoms with E-state index >= 15 is 0 Å². The van der Waals surface area contributed by atoms with E-state index in [2.05, 4.69) is 26.3 Å². The Hall–Kier alpha value is -3.34. The van der Waals surface area contributed by atoms with Crippen molar-refractivity contribution in [2.45, 2.75) is 72.0 Å². The minimum atomic E-state index is -0.987. The quantitative estimate of drug-likeness (QED) is 0.214. The van der Waals surface area contributed by atoms with Gasteiger partial charge in [-0.15, -0.1) is 0 Å². The van der Waals surface area contributed by atoms with Gasteiger partial charge in [0.2, 0.25) is 17.7 Å². The Labute approximate surface area is 212 Å². The van der Waals surface area contributed by atoms with Crippen molar-refractivity contribution in [3.8, 4) is 0 Å². The molecule has 0 fully saturated rings. The zero-order chi connectivity index (χ0) is 27.3. The number of carbonyl (C=O) groups excluding carboxylic acids is 5. The molecule has 0 aliphatic carbocycles. The lowest BCUT2D eigenvalue weighted by molar-refractivity contribution is -0.134. The van der Waals surface area contributed by atoms with Gasteiger partial charge in [-0.2, -0.15) is 0 Å². The van der Waals surface area contributed by atoms with E-state index in [9.17, 15) is 24.0 Å². The molecule has 1 aromatic heterocycles. The van der Waals surface area contributed by atoms with E-state index in [-0.39, 0.29) is 54.6 Å². The van der Waals surface area contributed by atoms with Gasteiger partial charge < -0.3 is 27.0 Å². The molecule has 200 valence electrons. The number of carbonyl (C=O) groups is 5.